The second kappa shape index (κ2) is 7.88. The molecule has 2 heterocycles. The Labute approximate surface area is 164 Å². The largest absolute Gasteiger partial charge is 0.493 e. The Kier molecular flexibility index (Phi) is 5.14. The van der Waals surface area contributed by atoms with Gasteiger partial charge in [0.2, 0.25) is 0 Å². The van der Waals surface area contributed by atoms with E-state index in [-0.39, 0.29) is 5.91 Å². The first kappa shape index (κ1) is 18.3. The van der Waals surface area contributed by atoms with Crippen molar-refractivity contribution in [3.05, 3.63) is 42.0 Å². The van der Waals surface area contributed by atoms with Gasteiger partial charge in [0.25, 0.3) is 5.91 Å². The summed E-state index contributed by atoms with van der Waals surface area (Å²) in [5.41, 5.74) is 1.69. The SMILES string of the molecule is COc1ccc(C(=O)N2CCN(c3ccc4c(c3)OCCO4)CC2)cc1OC. The Hall–Kier alpha value is -3.09. The Balaban J connectivity index is 1.42. The first-order chi connectivity index (χ1) is 13.7. The first-order valence-electron chi connectivity index (χ1n) is 9.35. The van der Waals surface area contributed by atoms with E-state index < -0.39 is 0 Å². The lowest BCUT2D eigenvalue weighted by atomic mass is 10.1. The molecule has 0 N–H and O–H groups in total. The highest BCUT2D eigenvalue weighted by Crippen LogP contribution is 2.34. The number of methoxy groups -OCH3 is 2. The topological polar surface area (TPSA) is 60.5 Å². The third-order valence-electron chi connectivity index (χ3n) is 5.09. The van der Waals surface area contributed by atoms with E-state index in [1.165, 1.54) is 0 Å². The average molecular weight is 384 g/mol. The molecule has 2 aliphatic heterocycles. The molecule has 0 aliphatic carbocycles. The van der Waals surface area contributed by atoms with Crippen molar-refractivity contribution in [2.75, 3.05) is 58.5 Å². The Morgan fingerprint density at radius 1 is 0.857 bits per heavy atom. The molecule has 0 bridgehead atoms. The number of fused-ring (bicyclic) bond motifs is 1. The first-order valence-corrected chi connectivity index (χ1v) is 9.35. The summed E-state index contributed by atoms with van der Waals surface area (Å²) in [4.78, 5) is 17.0. The van der Waals surface area contributed by atoms with Gasteiger partial charge in [0.05, 0.1) is 14.2 Å². The summed E-state index contributed by atoms with van der Waals surface area (Å²) < 4.78 is 21.8. The van der Waals surface area contributed by atoms with Crippen LogP contribution in [-0.2, 0) is 0 Å². The minimum absolute atomic E-state index is 0.00257. The Morgan fingerprint density at radius 3 is 2.29 bits per heavy atom. The quantitative estimate of drug-likeness (QED) is 0.807. The molecule has 2 aromatic rings. The van der Waals surface area contributed by atoms with Crippen LogP contribution in [0.4, 0.5) is 5.69 Å². The highest BCUT2D eigenvalue weighted by molar-refractivity contribution is 5.95. The molecule has 0 spiro atoms. The normalized spacial score (nSPS) is 15.9. The number of rotatable bonds is 4. The standard InChI is InChI=1S/C21H24N2O5/c1-25-17-5-3-15(13-19(17)26-2)21(24)23-9-7-22(8-10-23)16-4-6-18-20(14-16)28-12-11-27-18/h3-6,13-14H,7-12H2,1-2H3. The van der Waals surface area contributed by atoms with Crippen LogP contribution in [-0.4, -0.2) is 64.4 Å². The number of carbonyl (C=O) groups excluding carboxylic acids is 1. The highest BCUT2D eigenvalue weighted by atomic mass is 16.6. The molecule has 0 aromatic heterocycles. The fourth-order valence-corrected chi connectivity index (χ4v) is 3.55. The van der Waals surface area contributed by atoms with Gasteiger partial charge < -0.3 is 28.7 Å². The van der Waals surface area contributed by atoms with Crippen LogP contribution in [0, 0.1) is 0 Å². The van der Waals surface area contributed by atoms with Crippen molar-refractivity contribution in [1.82, 2.24) is 4.90 Å². The van der Waals surface area contributed by atoms with Gasteiger partial charge in [-0.1, -0.05) is 0 Å². The molecule has 0 unspecified atom stereocenters. The van der Waals surface area contributed by atoms with Gasteiger partial charge in [-0.3, -0.25) is 4.79 Å². The Bertz CT molecular complexity index is 862. The molecular formula is C21H24N2O5. The van der Waals surface area contributed by atoms with E-state index >= 15 is 0 Å². The molecule has 0 saturated carbocycles. The molecule has 7 nitrogen and oxygen atoms in total. The van der Waals surface area contributed by atoms with Crippen molar-refractivity contribution >= 4 is 11.6 Å². The van der Waals surface area contributed by atoms with Crippen molar-refractivity contribution in [3.63, 3.8) is 0 Å². The van der Waals surface area contributed by atoms with Gasteiger partial charge >= 0.3 is 0 Å². The molecule has 148 valence electrons. The molecule has 1 saturated heterocycles. The highest BCUT2D eigenvalue weighted by Gasteiger charge is 2.24. The van der Waals surface area contributed by atoms with Crippen LogP contribution in [0.5, 0.6) is 23.0 Å². The molecule has 0 radical (unpaired) electrons. The molecule has 1 amide bonds. The van der Waals surface area contributed by atoms with Crippen LogP contribution in [0.1, 0.15) is 10.4 Å². The minimum atomic E-state index is 0.00257. The van der Waals surface area contributed by atoms with E-state index in [0.717, 1.165) is 30.3 Å². The number of amides is 1. The number of nitrogens with zero attached hydrogens (tertiary/aromatic N) is 2. The summed E-state index contributed by atoms with van der Waals surface area (Å²) in [6.07, 6.45) is 0. The summed E-state index contributed by atoms with van der Waals surface area (Å²) in [6, 6.07) is 11.3. The fraction of sp³-hybridized carbons (Fsp3) is 0.381. The summed E-state index contributed by atoms with van der Waals surface area (Å²) in [7, 11) is 3.15. The number of hydrogen-bond donors (Lipinski definition) is 0. The zero-order chi connectivity index (χ0) is 19.5. The second-order valence-electron chi connectivity index (χ2n) is 6.68. The van der Waals surface area contributed by atoms with E-state index in [2.05, 4.69) is 4.90 Å². The van der Waals surface area contributed by atoms with Gasteiger partial charge in [-0.05, 0) is 30.3 Å². The molecule has 4 rings (SSSR count). The van der Waals surface area contributed by atoms with E-state index in [1.54, 1.807) is 32.4 Å². The summed E-state index contributed by atoms with van der Waals surface area (Å²) in [6.45, 7) is 3.99. The minimum Gasteiger partial charge on any atom is -0.493 e. The Morgan fingerprint density at radius 2 is 1.57 bits per heavy atom. The zero-order valence-corrected chi connectivity index (χ0v) is 16.1. The monoisotopic (exact) mass is 384 g/mol. The third-order valence-corrected chi connectivity index (χ3v) is 5.09. The van der Waals surface area contributed by atoms with Gasteiger partial charge in [0.15, 0.2) is 23.0 Å². The lowest BCUT2D eigenvalue weighted by Gasteiger charge is -2.36. The number of piperazine rings is 1. The molecule has 28 heavy (non-hydrogen) atoms. The van der Waals surface area contributed by atoms with Crippen molar-refractivity contribution in [1.29, 1.82) is 0 Å². The van der Waals surface area contributed by atoms with E-state index in [1.807, 2.05) is 23.1 Å². The molecule has 1 fully saturated rings. The number of ether oxygens (including phenoxy) is 4. The zero-order valence-electron chi connectivity index (χ0n) is 16.1. The van der Waals surface area contributed by atoms with E-state index in [0.29, 0.717) is 43.4 Å². The predicted molar refractivity (Wildman–Crippen MR) is 105 cm³/mol. The van der Waals surface area contributed by atoms with E-state index in [4.69, 9.17) is 18.9 Å². The van der Waals surface area contributed by atoms with Crippen LogP contribution >= 0.6 is 0 Å². The summed E-state index contributed by atoms with van der Waals surface area (Å²) >= 11 is 0. The lowest BCUT2D eigenvalue weighted by molar-refractivity contribution is 0.0746. The second-order valence-corrected chi connectivity index (χ2v) is 6.68. The third kappa shape index (κ3) is 3.52. The van der Waals surface area contributed by atoms with Gasteiger partial charge in [-0.15, -0.1) is 0 Å². The number of carbonyl (C=O) groups is 1. The summed E-state index contributed by atoms with van der Waals surface area (Å²) in [5, 5.41) is 0. The van der Waals surface area contributed by atoms with Gasteiger partial charge in [-0.25, -0.2) is 0 Å². The van der Waals surface area contributed by atoms with Gasteiger partial charge in [0, 0.05) is 43.5 Å². The van der Waals surface area contributed by atoms with Crippen LogP contribution in [0.25, 0.3) is 0 Å². The van der Waals surface area contributed by atoms with Gasteiger partial charge in [-0.2, -0.15) is 0 Å². The fourth-order valence-electron chi connectivity index (χ4n) is 3.55. The van der Waals surface area contributed by atoms with Crippen molar-refractivity contribution in [3.8, 4) is 23.0 Å². The average Bonchev–Trinajstić information content (AvgIpc) is 2.77. The number of anilines is 1. The number of hydrogen-bond acceptors (Lipinski definition) is 6. The molecule has 2 aromatic carbocycles. The van der Waals surface area contributed by atoms with Crippen LogP contribution in [0.3, 0.4) is 0 Å². The maximum Gasteiger partial charge on any atom is 0.254 e. The summed E-state index contributed by atoms with van der Waals surface area (Å²) in [5.74, 6) is 2.75. The van der Waals surface area contributed by atoms with Crippen LogP contribution in [0.2, 0.25) is 0 Å². The van der Waals surface area contributed by atoms with Crippen LogP contribution in [0.15, 0.2) is 36.4 Å². The molecule has 0 atom stereocenters. The predicted octanol–water partition coefficient (Wildman–Crippen LogP) is 2.44. The van der Waals surface area contributed by atoms with Gasteiger partial charge in [0.1, 0.15) is 13.2 Å². The molecule has 2 aliphatic rings. The maximum absolute atomic E-state index is 12.9. The lowest BCUT2D eigenvalue weighted by Crippen LogP contribution is -2.48. The molecular weight excluding hydrogens is 360 g/mol. The van der Waals surface area contributed by atoms with Crippen molar-refractivity contribution < 1.29 is 23.7 Å². The van der Waals surface area contributed by atoms with E-state index in [9.17, 15) is 4.79 Å². The maximum atomic E-state index is 12.9. The molecule has 7 heteroatoms. The van der Waals surface area contributed by atoms with Crippen molar-refractivity contribution in [2.45, 2.75) is 0 Å². The van der Waals surface area contributed by atoms with Crippen molar-refractivity contribution in [2.24, 2.45) is 0 Å². The smallest absolute Gasteiger partial charge is 0.254 e. The van der Waals surface area contributed by atoms with Crippen LogP contribution < -0.4 is 23.8 Å². The number of benzene rings is 2.